The van der Waals surface area contributed by atoms with Crippen LogP contribution in [0.4, 0.5) is 5.69 Å². The van der Waals surface area contributed by atoms with E-state index in [0.29, 0.717) is 16.3 Å². The van der Waals surface area contributed by atoms with Gasteiger partial charge in [-0.1, -0.05) is 23.7 Å². The lowest BCUT2D eigenvalue weighted by atomic mass is 10.1. The molecule has 31 heavy (non-hydrogen) atoms. The number of anilines is 1. The molecule has 2 aliphatic heterocycles. The number of nitrogens with zero attached hydrogens (tertiary/aromatic N) is 3. The van der Waals surface area contributed by atoms with Crippen LogP contribution in [0.15, 0.2) is 53.4 Å². The van der Waals surface area contributed by atoms with E-state index < -0.39 is 10.0 Å². The Labute approximate surface area is 189 Å². The maximum absolute atomic E-state index is 13.3. The average molecular weight is 462 g/mol. The molecule has 8 heteroatoms. The molecule has 1 amide bonds. The topological polar surface area (TPSA) is 60.9 Å². The van der Waals surface area contributed by atoms with E-state index in [0.717, 1.165) is 39.0 Å². The highest BCUT2D eigenvalue weighted by Gasteiger charge is 2.32. The van der Waals surface area contributed by atoms with E-state index in [1.807, 2.05) is 4.90 Å². The summed E-state index contributed by atoms with van der Waals surface area (Å²) in [6.45, 7) is 3.82. The molecule has 6 nitrogen and oxygen atoms in total. The minimum Gasteiger partial charge on any atom is -0.334 e. The molecule has 0 spiro atoms. The third-order valence-corrected chi connectivity index (χ3v) is 8.23. The van der Waals surface area contributed by atoms with Gasteiger partial charge in [0.25, 0.3) is 15.9 Å². The summed E-state index contributed by atoms with van der Waals surface area (Å²) < 4.78 is 27.6. The number of likely N-dealkylation sites (tertiary alicyclic amines) is 2. The standard InChI is InChI=1S/C23H28ClN3O3S/c1-25(20-9-5-8-19(24)16-20)31(29,30)22-11-4-7-18(15-22)23(28)27-14-6-10-21(27)17-26-12-2-3-13-26/h4-5,7-9,11,15-16,21H,2-3,6,10,12-14,17H2,1H3. The predicted octanol–water partition coefficient (Wildman–Crippen LogP) is 3.87. The summed E-state index contributed by atoms with van der Waals surface area (Å²) in [4.78, 5) is 17.7. The van der Waals surface area contributed by atoms with E-state index in [4.69, 9.17) is 11.6 Å². The molecule has 166 valence electrons. The first kappa shape index (κ1) is 22.1. The van der Waals surface area contributed by atoms with Crippen LogP contribution in [0, 0.1) is 0 Å². The van der Waals surface area contributed by atoms with Crippen molar-refractivity contribution in [3.8, 4) is 0 Å². The second kappa shape index (κ2) is 9.18. The van der Waals surface area contributed by atoms with Crippen molar-refractivity contribution in [3.05, 3.63) is 59.1 Å². The van der Waals surface area contributed by atoms with E-state index in [1.165, 1.54) is 36.3 Å². The lowest BCUT2D eigenvalue weighted by molar-refractivity contribution is 0.0708. The second-order valence-corrected chi connectivity index (χ2v) is 10.7. The Hall–Kier alpha value is -2.09. The van der Waals surface area contributed by atoms with Gasteiger partial charge in [0.15, 0.2) is 0 Å². The Kier molecular flexibility index (Phi) is 6.55. The van der Waals surface area contributed by atoms with Crippen molar-refractivity contribution in [2.24, 2.45) is 0 Å². The first-order valence-electron chi connectivity index (χ1n) is 10.7. The molecule has 0 aliphatic carbocycles. The van der Waals surface area contributed by atoms with Crippen molar-refractivity contribution in [2.75, 3.05) is 37.5 Å². The Bertz CT molecular complexity index is 1050. The van der Waals surface area contributed by atoms with Crippen molar-refractivity contribution in [3.63, 3.8) is 0 Å². The third-order valence-electron chi connectivity index (χ3n) is 6.22. The van der Waals surface area contributed by atoms with Crippen LogP contribution >= 0.6 is 11.6 Å². The van der Waals surface area contributed by atoms with Crippen LogP contribution in [-0.2, 0) is 10.0 Å². The predicted molar refractivity (Wildman–Crippen MR) is 123 cm³/mol. The number of hydrogen-bond donors (Lipinski definition) is 0. The number of amides is 1. The maximum Gasteiger partial charge on any atom is 0.264 e. The number of hydrogen-bond acceptors (Lipinski definition) is 4. The molecule has 4 rings (SSSR count). The molecule has 0 saturated carbocycles. The second-order valence-electron chi connectivity index (χ2n) is 8.28. The molecular weight excluding hydrogens is 434 g/mol. The van der Waals surface area contributed by atoms with Crippen LogP contribution < -0.4 is 4.31 Å². The zero-order chi connectivity index (χ0) is 22.0. The number of sulfonamides is 1. The monoisotopic (exact) mass is 461 g/mol. The van der Waals surface area contributed by atoms with Crippen LogP contribution in [0.3, 0.4) is 0 Å². The molecule has 2 aromatic rings. The summed E-state index contributed by atoms with van der Waals surface area (Å²) in [6, 6.07) is 13.2. The van der Waals surface area contributed by atoms with Gasteiger partial charge in [-0.15, -0.1) is 0 Å². The summed E-state index contributed by atoms with van der Waals surface area (Å²) in [5, 5.41) is 0.460. The van der Waals surface area contributed by atoms with E-state index in [2.05, 4.69) is 4.90 Å². The zero-order valence-corrected chi connectivity index (χ0v) is 19.3. The van der Waals surface area contributed by atoms with E-state index in [-0.39, 0.29) is 16.8 Å². The fourth-order valence-electron chi connectivity index (χ4n) is 4.48. The van der Waals surface area contributed by atoms with Gasteiger partial charge in [0.1, 0.15) is 0 Å². The van der Waals surface area contributed by atoms with Gasteiger partial charge < -0.3 is 9.80 Å². The van der Waals surface area contributed by atoms with Crippen LogP contribution in [0.1, 0.15) is 36.0 Å². The van der Waals surface area contributed by atoms with Crippen molar-refractivity contribution >= 4 is 33.2 Å². The van der Waals surface area contributed by atoms with Crippen LogP contribution in [0.2, 0.25) is 5.02 Å². The van der Waals surface area contributed by atoms with Gasteiger partial charge in [-0.2, -0.15) is 0 Å². The normalized spacial score (nSPS) is 19.7. The largest absolute Gasteiger partial charge is 0.334 e. The first-order valence-corrected chi connectivity index (χ1v) is 12.6. The first-order chi connectivity index (χ1) is 14.9. The smallest absolute Gasteiger partial charge is 0.264 e. The summed E-state index contributed by atoms with van der Waals surface area (Å²) in [5.41, 5.74) is 0.878. The van der Waals surface area contributed by atoms with Crippen molar-refractivity contribution in [2.45, 2.75) is 36.6 Å². The van der Waals surface area contributed by atoms with Gasteiger partial charge in [-0.3, -0.25) is 9.10 Å². The van der Waals surface area contributed by atoms with Gasteiger partial charge in [-0.25, -0.2) is 8.42 Å². The molecule has 0 radical (unpaired) electrons. The number of carbonyl (C=O) groups excluding carboxylic acids is 1. The lowest BCUT2D eigenvalue weighted by Crippen LogP contribution is -2.42. The molecule has 1 atom stereocenters. The minimum absolute atomic E-state index is 0.0934. The summed E-state index contributed by atoms with van der Waals surface area (Å²) in [7, 11) is -2.34. The fraction of sp³-hybridized carbons (Fsp3) is 0.435. The molecular formula is C23H28ClN3O3S. The molecule has 0 bridgehead atoms. The Balaban J connectivity index is 1.55. The van der Waals surface area contributed by atoms with Crippen molar-refractivity contribution < 1.29 is 13.2 Å². The Morgan fingerprint density at radius 3 is 2.55 bits per heavy atom. The SMILES string of the molecule is CN(c1cccc(Cl)c1)S(=O)(=O)c1cccc(C(=O)N2CCCC2CN2CCCC2)c1. The van der Waals surface area contributed by atoms with Gasteiger partial charge in [-0.05, 0) is 75.2 Å². The van der Waals surface area contributed by atoms with Crippen molar-refractivity contribution in [1.29, 1.82) is 0 Å². The lowest BCUT2D eigenvalue weighted by Gasteiger charge is -2.28. The van der Waals surface area contributed by atoms with Gasteiger partial charge in [0, 0.05) is 36.8 Å². The molecule has 2 saturated heterocycles. The molecule has 2 aromatic carbocycles. The number of benzene rings is 2. The minimum atomic E-state index is -3.82. The highest BCUT2D eigenvalue weighted by Crippen LogP contribution is 2.27. The summed E-state index contributed by atoms with van der Waals surface area (Å²) in [5.74, 6) is -0.0934. The Morgan fingerprint density at radius 1 is 1.06 bits per heavy atom. The van der Waals surface area contributed by atoms with Crippen LogP contribution in [0.25, 0.3) is 0 Å². The number of rotatable bonds is 6. The molecule has 0 aromatic heterocycles. The van der Waals surface area contributed by atoms with E-state index in [9.17, 15) is 13.2 Å². The highest BCUT2D eigenvalue weighted by molar-refractivity contribution is 7.92. The Morgan fingerprint density at radius 2 is 1.81 bits per heavy atom. The summed E-state index contributed by atoms with van der Waals surface area (Å²) in [6.07, 6.45) is 4.43. The van der Waals surface area contributed by atoms with Crippen LogP contribution in [-0.4, -0.2) is 63.4 Å². The maximum atomic E-state index is 13.3. The van der Waals surface area contributed by atoms with E-state index >= 15 is 0 Å². The molecule has 2 heterocycles. The molecule has 1 unspecified atom stereocenters. The number of carbonyl (C=O) groups is 1. The van der Waals surface area contributed by atoms with Gasteiger partial charge >= 0.3 is 0 Å². The van der Waals surface area contributed by atoms with E-state index in [1.54, 1.807) is 36.4 Å². The molecule has 0 N–H and O–H groups in total. The number of halogens is 1. The molecule has 2 fully saturated rings. The zero-order valence-electron chi connectivity index (χ0n) is 17.7. The van der Waals surface area contributed by atoms with Gasteiger partial charge in [0.2, 0.25) is 0 Å². The fourth-order valence-corrected chi connectivity index (χ4v) is 5.90. The third kappa shape index (κ3) is 4.73. The van der Waals surface area contributed by atoms with Crippen molar-refractivity contribution in [1.82, 2.24) is 9.80 Å². The van der Waals surface area contributed by atoms with Crippen LogP contribution in [0.5, 0.6) is 0 Å². The quantitative estimate of drug-likeness (QED) is 0.655. The van der Waals surface area contributed by atoms with Gasteiger partial charge in [0.05, 0.1) is 10.6 Å². The highest BCUT2D eigenvalue weighted by atomic mass is 35.5. The summed E-state index contributed by atoms with van der Waals surface area (Å²) >= 11 is 6.02. The molecule has 2 aliphatic rings. The average Bonchev–Trinajstić information content (AvgIpc) is 3.45.